The highest BCUT2D eigenvalue weighted by atomic mass is 35.5. The lowest BCUT2D eigenvalue weighted by Crippen LogP contribution is -2.35. The minimum Gasteiger partial charge on any atom is -0.482 e. The van der Waals surface area contributed by atoms with E-state index in [0.717, 1.165) is 21.3 Å². The number of thiophene rings is 1. The maximum absolute atomic E-state index is 12.9. The van der Waals surface area contributed by atoms with E-state index in [-0.39, 0.29) is 18.6 Å². The second kappa shape index (κ2) is 8.09. The van der Waals surface area contributed by atoms with Gasteiger partial charge in [0.05, 0.1) is 11.1 Å². The maximum atomic E-state index is 12.9. The third kappa shape index (κ3) is 3.63. The molecule has 2 aromatic heterocycles. The van der Waals surface area contributed by atoms with Crippen molar-refractivity contribution < 1.29 is 9.53 Å². The van der Waals surface area contributed by atoms with Gasteiger partial charge in [0.2, 0.25) is 0 Å². The lowest BCUT2D eigenvalue weighted by atomic mass is 10.0. The van der Waals surface area contributed by atoms with Crippen molar-refractivity contribution in [1.29, 1.82) is 0 Å². The summed E-state index contributed by atoms with van der Waals surface area (Å²) < 4.78 is 5.66. The number of likely N-dealkylation sites (N-methyl/N-ethyl adjacent to an activating group) is 1. The highest BCUT2D eigenvalue weighted by Crippen LogP contribution is 2.35. The van der Waals surface area contributed by atoms with Gasteiger partial charge in [-0.15, -0.1) is 11.3 Å². The molecule has 1 unspecified atom stereocenters. The lowest BCUT2D eigenvalue weighted by molar-refractivity contribution is -0.133. The summed E-state index contributed by atoms with van der Waals surface area (Å²) in [6, 6.07) is 19.1. The predicted octanol–water partition coefficient (Wildman–Crippen LogP) is 5.51. The standard InChI is InChI=1S/C22H19ClN2O2S/c1-25(21(26)14-27-19-10-5-3-8-17(19)23)22(20-11-6-12-28-20)16-13-24-18-9-4-2-7-15(16)18/h2-13,22,24H,14H2,1H3. The molecule has 0 aliphatic carbocycles. The fourth-order valence-electron chi connectivity index (χ4n) is 3.27. The summed E-state index contributed by atoms with van der Waals surface area (Å²) in [6.45, 7) is -0.0789. The molecule has 1 amide bonds. The Morgan fingerprint density at radius 2 is 1.93 bits per heavy atom. The number of aromatic amines is 1. The molecular weight excluding hydrogens is 392 g/mol. The van der Waals surface area contributed by atoms with Crippen molar-refractivity contribution in [2.24, 2.45) is 0 Å². The summed E-state index contributed by atoms with van der Waals surface area (Å²) in [4.78, 5) is 19.1. The van der Waals surface area contributed by atoms with Gasteiger partial charge in [-0.1, -0.05) is 48.0 Å². The number of ether oxygens (including phenoxy) is 1. The van der Waals surface area contributed by atoms with Crippen LogP contribution in [0.25, 0.3) is 10.9 Å². The smallest absolute Gasteiger partial charge is 0.261 e. The van der Waals surface area contributed by atoms with E-state index in [1.54, 1.807) is 28.4 Å². The van der Waals surface area contributed by atoms with Crippen LogP contribution in [0.3, 0.4) is 0 Å². The van der Waals surface area contributed by atoms with Crippen LogP contribution in [0.4, 0.5) is 0 Å². The van der Waals surface area contributed by atoms with Gasteiger partial charge < -0.3 is 14.6 Å². The zero-order chi connectivity index (χ0) is 19.5. The van der Waals surface area contributed by atoms with Crippen molar-refractivity contribution in [3.63, 3.8) is 0 Å². The summed E-state index contributed by atoms with van der Waals surface area (Å²) in [7, 11) is 1.81. The Morgan fingerprint density at radius 3 is 2.71 bits per heavy atom. The zero-order valence-electron chi connectivity index (χ0n) is 15.3. The number of para-hydroxylation sites is 2. The number of hydrogen-bond donors (Lipinski definition) is 1. The molecule has 1 atom stereocenters. The van der Waals surface area contributed by atoms with E-state index in [9.17, 15) is 4.79 Å². The number of carbonyl (C=O) groups is 1. The van der Waals surface area contributed by atoms with Crippen molar-refractivity contribution in [2.45, 2.75) is 6.04 Å². The van der Waals surface area contributed by atoms with Gasteiger partial charge in [0.25, 0.3) is 5.91 Å². The van der Waals surface area contributed by atoms with Gasteiger partial charge in [0.1, 0.15) is 5.75 Å². The first-order valence-corrected chi connectivity index (χ1v) is 10.1. The second-order valence-corrected chi connectivity index (χ2v) is 7.82. The van der Waals surface area contributed by atoms with Crippen LogP contribution in [0, 0.1) is 0 Å². The summed E-state index contributed by atoms with van der Waals surface area (Å²) in [6.07, 6.45) is 1.98. The molecule has 4 rings (SSSR count). The van der Waals surface area contributed by atoms with Crippen molar-refractivity contribution in [3.05, 3.63) is 87.7 Å². The van der Waals surface area contributed by atoms with Crippen molar-refractivity contribution in [3.8, 4) is 5.75 Å². The first kappa shape index (κ1) is 18.6. The minimum absolute atomic E-state index is 0.0789. The molecule has 1 N–H and O–H groups in total. The average molecular weight is 411 g/mol. The van der Waals surface area contributed by atoms with Crippen molar-refractivity contribution in [1.82, 2.24) is 9.88 Å². The molecule has 0 spiro atoms. The van der Waals surface area contributed by atoms with Gasteiger partial charge in [-0.3, -0.25) is 4.79 Å². The highest BCUT2D eigenvalue weighted by molar-refractivity contribution is 7.10. The Balaban J connectivity index is 1.62. The van der Waals surface area contributed by atoms with Gasteiger partial charge in [-0.2, -0.15) is 0 Å². The van der Waals surface area contributed by atoms with Crippen LogP contribution in [0.15, 0.2) is 72.2 Å². The maximum Gasteiger partial charge on any atom is 0.261 e. The van der Waals surface area contributed by atoms with Crippen LogP contribution < -0.4 is 4.74 Å². The van der Waals surface area contributed by atoms with Gasteiger partial charge in [-0.25, -0.2) is 0 Å². The first-order chi connectivity index (χ1) is 13.6. The fourth-order valence-corrected chi connectivity index (χ4v) is 4.34. The number of hydrogen-bond acceptors (Lipinski definition) is 3. The van der Waals surface area contributed by atoms with E-state index in [1.165, 1.54) is 0 Å². The highest BCUT2D eigenvalue weighted by Gasteiger charge is 2.27. The molecule has 28 heavy (non-hydrogen) atoms. The number of amides is 1. The number of nitrogens with zero attached hydrogens (tertiary/aromatic N) is 1. The molecule has 0 aliphatic rings. The summed E-state index contributed by atoms with van der Waals surface area (Å²) in [5.41, 5.74) is 2.11. The van der Waals surface area contributed by atoms with Crippen LogP contribution in [0.1, 0.15) is 16.5 Å². The molecule has 0 bridgehead atoms. The van der Waals surface area contributed by atoms with E-state index < -0.39 is 0 Å². The minimum atomic E-state index is -0.196. The molecular formula is C22H19ClN2O2S. The monoisotopic (exact) mass is 410 g/mol. The second-order valence-electron chi connectivity index (χ2n) is 6.43. The largest absolute Gasteiger partial charge is 0.482 e. The van der Waals surface area contributed by atoms with E-state index >= 15 is 0 Å². The summed E-state index contributed by atoms with van der Waals surface area (Å²) in [5, 5.41) is 3.62. The molecule has 6 heteroatoms. The number of fused-ring (bicyclic) bond motifs is 1. The number of benzene rings is 2. The Kier molecular flexibility index (Phi) is 5.37. The number of aromatic nitrogens is 1. The fraction of sp³-hybridized carbons (Fsp3) is 0.136. The quantitative estimate of drug-likeness (QED) is 0.455. The topological polar surface area (TPSA) is 45.3 Å². The zero-order valence-corrected chi connectivity index (χ0v) is 16.8. The third-order valence-electron chi connectivity index (χ3n) is 4.70. The summed E-state index contributed by atoms with van der Waals surface area (Å²) in [5.74, 6) is 0.384. The molecule has 142 valence electrons. The number of rotatable bonds is 6. The van der Waals surface area contributed by atoms with Crippen molar-refractivity contribution in [2.75, 3.05) is 13.7 Å². The molecule has 0 radical (unpaired) electrons. The molecule has 0 saturated heterocycles. The van der Waals surface area contributed by atoms with E-state index in [2.05, 4.69) is 17.1 Å². The van der Waals surface area contributed by atoms with Gasteiger partial charge >= 0.3 is 0 Å². The number of halogens is 1. The lowest BCUT2D eigenvalue weighted by Gasteiger charge is -2.27. The number of nitrogens with one attached hydrogen (secondary N) is 1. The van der Waals surface area contributed by atoms with Crippen LogP contribution in [0.2, 0.25) is 5.02 Å². The predicted molar refractivity (Wildman–Crippen MR) is 114 cm³/mol. The van der Waals surface area contributed by atoms with Gasteiger partial charge in [-0.05, 0) is 29.6 Å². The van der Waals surface area contributed by atoms with E-state index in [1.807, 2.05) is 55.0 Å². The molecule has 2 aromatic carbocycles. The molecule has 4 nitrogen and oxygen atoms in total. The normalized spacial score (nSPS) is 12.1. The SMILES string of the molecule is CN(C(=O)COc1ccccc1Cl)C(c1cccs1)c1c[nH]c2ccccc12. The molecule has 4 aromatic rings. The van der Waals surface area contributed by atoms with Crippen LogP contribution >= 0.6 is 22.9 Å². The van der Waals surface area contributed by atoms with Crippen LogP contribution in [0.5, 0.6) is 5.75 Å². The Morgan fingerprint density at radius 1 is 1.14 bits per heavy atom. The number of carbonyl (C=O) groups excluding carboxylic acids is 1. The first-order valence-electron chi connectivity index (χ1n) is 8.87. The van der Waals surface area contributed by atoms with Crippen molar-refractivity contribution >= 4 is 39.7 Å². The molecule has 0 saturated carbocycles. The van der Waals surface area contributed by atoms with E-state index in [4.69, 9.17) is 16.3 Å². The average Bonchev–Trinajstić information content (AvgIpc) is 3.38. The third-order valence-corrected chi connectivity index (χ3v) is 5.93. The van der Waals surface area contributed by atoms with E-state index in [0.29, 0.717) is 10.8 Å². The number of H-pyrrole nitrogens is 1. The van der Waals surface area contributed by atoms with Gasteiger partial charge in [0.15, 0.2) is 6.61 Å². The Bertz CT molecular complexity index is 1090. The molecule has 0 aliphatic heterocycles. The van der Waals surface area contributed by atoms with Gasteiger partial charge in [0, 0.05) is 34.6 Å². The van der Waals surface area contributed by atoms with Crippen LogP contribution in [-0.4, -0.2) is 29.4 Å². The Hall–Kier alpha value is -2.76. The molecule has 0 fully saturated rings. The summed E-state index contributed by atoms with van der Waals surface area (Å²) >= 11 is 7.76. The molecule has 2 heterocycles. The van der Waals surface area contributed by atoms with Crippen LogP contribution in [-0.2, 0) is 4.79 Å². The Labute approximate surface area is 172 Å².